The zero-order valence-electron chi connectivity index (χ0n) is 16.0. The van der Waals surface area contributed by atoms with Gasteiger partial charge in [0, 0.05) is 0 Å². The lowest BCUT2D eigenvalue weighted by atomic mass is 9.91. The molecule has 0 aromatic carbocycles. The fourth-order valence-electron chi connectivity index (χ4n) is 3.21. The molecule has 138 valence electrons. The van der Waals surface area contributed by atoms with Crippen LogP contribution >= 0.6 is 0 Å². The van der Waals surface area contributed by atoms with E-state index in [9.17, 15) is 9.59 Å². The second-order valence-corrected chi connectivity index (χ2v) is 7.02. The minimum Gasteiger partial charge on any atom is -0.501 e. The molecule has 0 fully saturated rings. The monoisotopic (exact) mass is 348 g/mol. The van der Waals surface area contributed by atoms with Gasteiger partial charge in [-0.3, -0.25) is 9.59 Å². The van der Waals surface area contributed by atoms with Gasteiger partial charge in [0.1, 0.15) is 5.92 Å². The fraction of sp³-hybridized carbons (Fsp3) is 0.600. The van der Waals surface area contributed by atoms with E-state index in [0.29, 0.717) is 0 Å². The number of ketones is 2. The van der Waals surface area contributed by atoms with Gasteiger partial charge in [-0.05, 0) is 71.1 Å². The maximum atomic E-state index is 13.0. The van der Waals surface area contributed by atoms with Gasteiger partial charge in [0.2, 0.25) is 23.1 Å². The maximum absolute atomic E-state index is 13.0. The summed E-state index contributed by atoms with van der Waals surface area (Å²) in [6.07, 6.45) is 4.01. The summed E-state index contributed by atoms with van der Waals surface area (Å²) in [6, 6.07) is 0. The van der Waals surface area contributed by atoms with Crippen LogP contribution in [0, 0.1) is 5.92 Å². The van der Waals surface area contributed by atoms with Gasteiger partial charge < -0.3 is 14.2 Å². The number of allylic oxidation sites excluding steroid dienone is 6. The molecule has 0 radical (unpaired) electrons. The first kappa shape index (κ1) is 19.3. The van der Waals surface area contributed by atoms with Crippen molar-refractivity contribution in [3.05, 3.63) is 34.5 Å². The minimum absolute atomic E-state index is 0.0740. The number of ether oxygens (including phenoxy) is 3. The van der Waals surface area contributed by atoms with E-state index in [1.165, 1.54) is 0 Å². The Balaban J connectivity index is 2.43. The average molecular weight is 348 g/mol. The molecule has 0 amide bonds. The Labute approximate surface area is 149 Å². The van der Waals surface area contributed by atoms with Crippen molar-refractivity contribution < 1.29 is 23.8 Å². The first-order valence-electron chi connectivity index (χ1n) is 8.86. The molecule has 2 aliphatic carbocycles. The van der Waals surface area contributed by atoms with Crippen LogP contribution in [0.15, 0.2) is 34.5 Å². The molecule has 2 rings (SSSR count). The first-order chi connectivity index (χ1) is 11.8. The van der Waals surface area contributed by atoms with Crippen molar-refractivity contribution in [2.75, 3.05) is 7.11 Å². The molecule has 0 aromatic heterocycles. The van der Waals surface area contributed by atoms with E-state index in [1.54, 1.807) is 7.11 Å². The molecule has 5 heteroatoms. The molecular formula is C20H28O5. The van der Waals surface area contributed by atoms with Crippen molar-refractivity contribution in [1.29, 1.82) is 0 Å². The van der Waals surface area contributed by atoms with E-state index in [0.717, 1.165) is 36.2 Å². The molecule has 0 heterocycles. The second kappa shape index (κ2) is 7.89. The maximum Gasteiger partial charge on any atom is 0.216 e. The van der Waals surface area contributed by atoms with E-state index >= 15 is 0 Å². The number of methoxy groups -OCH3 is 1. The lowest BCUT2D eigenvalue weighted by Crippen LogP contribution is -2.22. The number of carbonyl (C=O) groups is 2. The molecule has 0 aliphatic heterocycles. The molecule has 0 N–H and O–H groups in total. The topological polar surface area (TPSA) is 61.8 Å². The SMILES string of the molecule is CO/C(C)=C/C1=C(C2C(=O)C(OC(C)C)=C(OC(C)C)C2=O)CCC1. The predicted molar refractivity (Wildman–Crippen MR) is 94.6 cm³/mol. The Morgan fingerprint density at radius 1 is 1.00 bits per heavy atom. The van der Waals surface area contributed by atoms with Crippen molar-refractivity contribution in [1.82, 2.24) is 0 Å². The second-order valence-electron chi connectivity index (χ2n) is 7.02. The van der Waals surface area contributed by atoms with Gasteiger partial charge in [-0.2, -0.15) is 0 Å². The highest BCUT2D eigenvalue weighted by molar-refractivity contribution is 6.24. The van der Waals surface area contributed by atoms with E-state index in [-0.39, 0.29) is 35.3 Å². The molecule has 0 saturated carbocycles. The van der Waals surface area contributed by atoms with Gasteiger partial charge >= 0.3 is 0 Å². The zero-order valence-corrected chi connectivity index (χ0v) is 16.0. The van der Waals surface area contributed by atoms with Gasteiger partial charge in [-0.25, -0.2) is 0 Å². The van der Waals surface area contributed by atoms with Crippen LogP contribution < -0.4 is 0 Å². The largest absolute Gasteiger partial charge is 0.501 e. The lowest BCUT2D eigenvalue weighted by molar-refractivity contribution is -0.127. The van der Waals surface area contributed by atoms with Gasteiger partial charge in [-0.15, -0.1) is 0 Å². The Bertz CT molecular complexity index is 617. The highest BCUT2D eigenvalue weighted by atomic mass is 16.5. The molecule has 0 bridgehead atoms. The van der Waals surface area contributed by atoms with E-state index in [1.807, 2.05) is 40.7 Å². The summed E-state index contributed by atoms with van der Waals surface area (Å²) in [4.78, 5) is 25.9. The standard InChI is InChI=1S/C20H28O5/c1-11(2)24-19-17(21)16(18(22)20(19)25-12(3)4)15-9-7-8-14(15)10-13(5)23-6/h10-12,16H,7-9H2,1-6H3/b13-10+. The zero-order chi connectivity index (χ0) is 18.7. The van der Waals surface area contributed by atoms with E-state index in [4.69, 9.17) is 14.2 Å². The molecule has 25 heavy (non-hydrogen) atoms. The molecule has 5 nitrogen and oxygen atoms in total. The Kier molecular flexibility index (Phi) is 6.09. The summed E-state index contributed by atoms with van der Waals surface area (Å²) in [7, 11) is 1.61. The van der Waals surface area contributed by atoms with Crippen LogP contribution in [0.5, 0.6) is 0 Å². The van der Waals surface area contributed by atoms with E-state index < -0.39 is 5.92 Å². The summed E-state index contributed by atoms with van der Waals surface area (Å²) in [5, 5.41) is 0. The van der Waals surface area contributed by atoms with Gasteiger partial charge in [0.25, 0.3) is 0 Å². The van der Waals surface area contributed by atoms with Crippen LogP contribution in [-0.2, 0) is 23.8 Å². The van der Waals surface area contributed by atoms with Crippen LogP contribution in [0.3, 0.4) is 0 Å². The predicted octanol–water partition coefficient (Wildman–Crippen LogP) is 3.85. The number of carbonyl (C=O) groups excluding carboxylic acids is 2. The van der Waals surface area contributed by atoms with Gasteiger partial charge in [0.05, 0.1) is 25.1 Å². The molecule has 0 spiro atoms. The molecule has 0 saturated heterocycles. The lowest BCUT2D eigenvalue weighted by Gasteiger charge is -2.13. The van der Waals surface area contributed by atoms with Crippen molar-refractivity contribution in [2.24, 2.45) is 5.92 Å². The number of hydrogen-bond donors (Lipinski definition) is 0. The van der Waals surface area contributed by atoms with Crippen molar-refractivity contribution in [2.45, 2.75) is 66.1 Å². The van der Waals surface area contributed by atoms with Crippen molar-refractivity contribution in [3.63, 3.8) is 0 Å². The van der Waals surface area contributed by atoms with E-state index in [2.05, 4.69) is 0 Å². The first-order valence-corrected chi connectivity index (χ1v) is 8.86. The van der Waals surface area contributed by atoms with Crippen molar-refractivity contribution >= 4 is 11.6 Å². The number of hydrogen-bond acceptors (Lipinski definition) is 5. The van der Waals surface area contributed by atoms with Crippen LogP contribution in [0.25, 0.3) is 0 Å². The number of Topliss-reactive ketones (excluding diaryl/α,β-unsaturated/α-hetero) is 2. The Hall–Kier alpha value is -2.04. The van der Waals surface area contributed by atoms with Crippen LogP contribution in [0.4, 0.5) is 0 Å². The van der Waals surface area contributed by atoms with Gasteiger partial charge in [-0.1, -0.05) is 0 Å². The normalized spacial score (nSPS) is 19.8. The molecule has 0 unspecified atom stereocenters. The van der Waals surface area contributed by atoms with Gasteiger partial charge in [0.15, 0.2) is 0 Å². The minimum atomic E-state index is -0.819. The highest BCUT2D eigenvalue weighted by Gasteiger charge is 2.47. The third-order valence-corrected chi connectivity index (χ3v) is 4.24. The van der Waals surface area contributed by atoms with Crippen LogP contribution in [-0.4, -0.2) is 30.9 Å². The number of rotatable bonds is 7. The van der Waals surface area contributed by atoms with Crippen molar-refractivity contribution in [3.8, 4) is 0 Å². The summed E-state index contributed by atoms with van der Waals surface area (Å²) in [6.45, 7) is 9.18. The Morgan fingerprint density at radius 2 is 1.52 bits per heavy atom. The molecular weight excluding hydrogens is 320 g/mol. The summed E-state index contributed by atoms with van der Waals surface area (Å²) in [5.41, 5.74) is 1.89. The Morgan fingerprint density at radius 3 is 1.96 bits per heavy atom. The summed E-state index contributed by atoms with van der Waals surface area (Å²) < 4.78 is 16.5. The third-order valence-electron chi connectivity index (χ3n) is 4.24. The van der Waals surface area contributed by atoms with Crippen LogP contribution in [0.2, 0.25) is 0 Å². The molecule has 0 aromatic rings. The summed E-state index contributed by atoms with van der Waals surface area (Å²) >= 11 is 0. The highest BCUT2D eigenvalue weighted by Crippen LogP contribution is 2.40. The van der Waals surface area contributed by atoms with Crippen LogP contribution in [0.1, 0.15) is 53.9 Å². The average Bonchev–Trinajstić information content (AvgIpc) is 3.05. The fourth-order valence-corrected chi connectivity index (χ4v) is 3.21. The smallest absolute Gasteiger partial charge is 0.216 e. The quantitative estimate of drug-likeness (QED) is 0.517. The summed E-state index contributed by atoms with van der Waals surface area (Å²) in [5.74, 6) is -0.479. The molecule has 0 atom stereocenters. The molecule has 2 aliphatic rings. The third kappa shape index (κ3) is 4.14.